The minimum atomic E-state index is -0.425. The van der Waals surface area contributed by atoms with E-state index >= 15 is 0 Å². The van der Waals surface area contributed by atoms with Gasteiger partial charge in [-0.15, -0.1) is 0 Å². The highest BCUT2D eigenvalue weighted by molar-refractivity contribution is 6.35. The van der Waals surface area contributed by atoms with Crippen molar-refractivity contribution in [3.63, 3.8) is 0 Å². The summed E-state index contributed by atoms with van der Waals surface area (Å²) in [4.78, 5) is 12.0. The third-order valence-electron chi connectivity index (χ3n) is 2.97. The molecule has 96 valence electrons. The molecule has 19 heavy (non-hydrogen) atoms. The number of hydrogen-bond donors (Lipinski definition) is 2. The quantitative estimate of drug-likeness (QED) is 0.875. The van der Waals surface area contributed by atoms with Crippen molar-refractivity contribution in [3.05, 3.63) is 58.1 Å². The Morgan fingerprint density at radius 1 is 1.05 bits per heavy atom. The number of nitrogens with one attached hydrogen (secondary N) is 2. The first kappa shape index (κ1) is 12.3. The van der Waals surface area contributed by atoms with Gasteiger partial charge in [0, 0.05) is 27.0 Å². The van der Waals surface area contributed by atoms with Crippen molar-refractivity contribution in [2.45, 2.75) is 6.04 Å². The molecular formula is C14H10Cl2N2O. The molecule has 0 aliphatic carbocycles. The normalized spacial score (nSPS) is 16.9. The van der Waals surface area contributed by atoms with Crippen LogP contribution in [0.2, 0.25) is 10.0 Å². The van der Waals surface area contributed by atoms with E-state index in [-0.39, 0.29) is 5.91 Å². The number of benzene rings is 2. The number of amides is 1. The number of anilines is 2. The maximum Gasteiger partial charge on any atom is 0.251 e. The van der Waals surface area contributed by atoms with Crippen LogP contribution in [0.25, 0.3) is 0 Å². The SMILES string of the molecule is O=C1Nc2ccccc2C1Nc1cc(Cl)cc(Cl)c1. The molecule has 0 fully saturated rings. The lowest BCUT2D eigenvalue weighted by Gasteiger charge is -2.13. The summed E-state index contributed by atoms with van der Waals surface area (Å²) >= 11 is 11.9. The van der Waals surface area contributed by atoms with Crippen molar-refractivity contribution in [1.82, 2.24) is 0 Å². The van der Waals surface area contributed by atoms with Crippen molar-refractivity contribution in [3.8, 4) is 0 Å². The lowest BCUT2D eigenvalue weighted by Crippen LogP contribution is -2.19. The summed E-state index contributed by atoms with van der Waals surface area (Å²) in [7, 11) is 0. The monoisotopic (exact) mass is 292 g/mol. The zero-order chi connectivity index (χ0) is 13.4. The molecule has 0 aromatic heterocycles. The van der Waals surface area contributed by atoms with Gasteiger partial charge in [-0.05, 0) is 24.3 Å². The molecule has 2 aromatic carbocycles. The lowest BCUT2D eigenvalue weighted by molar-refractivity contribution is -0.116. The van der Waals surface area contributed by atoms with Crippen molar-refractivity contribution in [2.75, 3.05) is 10.6 Å². The highest BCUT2D eigenvalue weighted by Gasteiger charge is 2.29. The maximum atomic E-state index is 12.0. The van der Waals surface area contributed by atoms with Gasteiger partial charge < -0.3 is 10.6 Å². The van der Waals surface area contributed by atoms with E-state index in [4.69, 9.17) is 23.2 Å². The van der Waals surface area contributed by atoms with Crippen LogP contribution in [0.15, 0.2) is 42.5 Å². The van der Waals surface area contributed by atoms with E-state index < -0.39 is 6.04 Å². The molecule has 3 rings (SSSR count). The first-order chi connectivity index (χ1) is 9.13. The van der Waals surface area contributed by atoms with E-state index in [2.05, 4.69) is 10.6 Å². The van der Waals surface area contributed by atoms with E-state index in [1.54, 1.807) is 18.2 Å². The minimum Gasteiger partial charge on any atom is -0.370 e. The predicted molar refractivity (Wildman–Crippen MR) is 77.9 cm³/mol. The number of fused-ring (bicyclic) bond motifs is 1. The Morgan fingerprint density at radius 3 is 2.47 bits per heavy atom. The molecule has 0 saturated heterocycles. The minimum absolute atomic E-state index is 0.0858. The molecule has 0 spiro atoms. The first-order valence-electron chi connectivity index (χ1n) is 5.76. The fourth-order valence-corrected chi connectivity index (χ4v) is 2.68. The van der Waals surface area contributed by atoms with Crippen LogP contribution < -0.4 is 10.6 Å². The van der Waals surface area contributed by atoms with Gasteiger partial charge in [0.1, 0.15) is 6.04 Å². The Bertz CT molecular complexity index is 637. The average Bonchev–Trinajstić information content (AvgIpc) is 2.65. The zero-order valence-corrected chi connectivity index (χ0v) is 11.3. The van der Waals surface area contributed by atoms with Crippen molar-refractivity contribution in [2.24, 2.45) is 0 Å². The Kier molecular flexibility index (Phi) is 3.09. The van der Waals surface area contributed by atoms with E-state index in [0.717, 1.165) is 11.3 Å². The molecule has 1 amide bonds. The first-order valence-corrected chi connectivity index (χ1v) is 6.51. The number of carbonyl (C=O) groups excluding carboxylic acids is 1. The molecular weight excluding hydrogens is 283 g/mol. The third-order valence-corrected chi connectivity index (χ3v) is 3.40. The van der Waals surface area contributed by atoms with Gasteiger partial charge in [-0.1, -0.05) is 41.4 Å². The van der Waals surface area contributed by atoms with Crippen molar-refractivity contribution < 1.29 is 4.79 Å². The third kappa shape index (κ3) is 2.39. The van der Waals surface area contributed by atoms with Crippen LogP contribution in [-0.4, -0.2) is 5.91 Å². The van der Waals surface area contributed by atoms with Gasteiger partial charge in [0.15, 0.2) is 0 Å². The maximum absolute atomic E-state index is 12.0. The van der Waals surface area contributed by atoms with Gasteiger partial charge in [0.2, 0.25) is 0 Å². The summed E-state index contributed by atoms with van der Waals surface area (Å²) in [5.74, 6) is -0.0858. The summed E-state index contributed by atoms with van der Waals surface area (Å²) in [5.41, 5.74) is 2.47. The van der Waals surface area contributed by atoms with Gasteiger partial charge in [0.25, 0.3) is 5.91 Å². The van der Waals surface area contributed by atoms with Crippen LogP contribution in [0.1, 0.15) is 11.6 Å². The van der Waals surface area contributed by atoms with Crippen LogP contribution in [-0.2, 0) is 4.79 Å². The van der Waals surface area contributed by atoms with E-state index in [1.165, 1.54) is 0 Å². The molecule has 1 atom stereocenters. The average molecular weight is 293 g/mol. The molecule has 2 aromatic rings. The van der Waals surface area contributed by atoms with Crippen molar-refractivity contribution >= 4 is 40.5 Å². The van der Waals surface area contributed by atoms with Crippen LogP contribution in [0.3, 0.4) is 0 Å². The van der Waals surface area contributed by atoms with Gasteiger partial charge in [-0.3, -0.25) is 4.79 Å². The molecule has 1 unspecified atom stereocenters. The fourth-order valence-electron chi connectivity index (χ4n) is 2.16. The largest absolute Gasteiger partial charge is 0.370 e. The van der Waals surface area contributed by atoms with Crippen molar-refractivity contribution in [1.29, 1.82) is 0 Å². The summed E-state index contributed by atoms with van der Waals surface area (Å²) < 4.78 is 0. The highest BCUT2D eigenvalue weighted by Crippen LogP contribution is 2.34. The topological polar surface area (TPSA) is 41.1 Å². The lowest BCUT2D eigenvalue weighted by atomic mass is 10.1. The number of halogens is 2. The standard InChI is InChI=1S/C14H10Cl2N2O/c15-8-5-9(16)7-10(6-8)17-13-11-3-1-2-4-12(11)18-14(13)19/h1-7,13,17H,(H,18,19). The van der Waals surface area contributed by atoms with Crippen LogP contribution in [0, 0.1) is 0 Å². The molecule has 0 saturated carbocycles. The second-order valence-electron chi connectivity index (χ2n) is 4.31. The Morgan fingerprint density at radius 2 is 1.74 bits per heavy atom. The second kappa shape index (κ2) is 4.76. The van der Waals surface area contributed by atoms with E-state index in [9.17, 15) is 4.79 Å². The fraction of sp³-hybridized carbons (Fsp3) is 0.0714. The molecule has 1 aliphatic rings. The second-order valence-corrected chi connectivity index (χ2v) is 5.18. The number of hydrogen-bond acceptors (Lipinski definition) is 2. The summed E-state index contributed by atoms with van der Waals surface area (Å²) in [6, 6.07) is 12.3. The molecule has 2 N–H and O–H groups in total. The zero-order valence-electron chi connectivity index (χ0n) is 9.78. The molecule has 1 heterocycles. The summed E-state index contributed by atoms with van der Waals surface area (Å²) in [6.07, 6.45) is 0. The smallest absolute Gasteiger partial charge is 0.251 e. The van der Waals surface area contributed by atoms with E-state index in [1.807, 2.05) is 24.3 Å². The molecule has 5 heteroatoms. The summed E-state index contributed by atoms with van der Waals surface area (Å²) in [6.45, 7) is 0. The summed E-state index contributed by atoms with van der Waals surface area (Å²) in [5, 5.41) is 7.04. The Labute approximate surface area is 120 Å². The Balaban J connectivity index is 1.93. The van der Waals surface area contributed by atoms with Crippen LogP contribution in [0.4, 0.5) is 11.4 Å². The number of para-hydroxylation sites is 1. The van der Waals surface area contributed by atoms with E-state index in [0.29, 0.717) is 15.7 Å². The number of rotatable bonds is 2. The molecule has 0 radical (unpaired) electrons. The van der Waals surface area contributed by atoms with Gasteiger partial charge in [0.05, 0.1) is 0 Å². The van der Waals surface area contributed by atoms with Crippen LogP contribution in [0.5, 0.6) is 0 Å². The van der Waals surface area contributed by atoms with Crippen LogP contribution >= 0.6 is 23.2 Å². The Hall–Kier alpha value is -1.71. The predicted octanol–water partition coefficient (Wildman–Crippen LogP) is 4.10. The van der Waals surface area contributed by atoms with Gasteiger partial charge >= 0.3 is 0 Å². The van der Waals surface area contributed by atoms with Gasteiger partial charge in [-0.2, -0.15) is 0 Å². The molecule has 1 aliphatic heterocycles. The number of carbonyl (C=O) groups is 1. The highest BCUT2D eigenvalue weighted by atomic mass is 35.5. The molecule has 3 nitrogen and oxygen atoms in total. The molecule has 0 bridgehead atoms. The van der Waals surface area contributed by atoms with Gasteiger partial charge in [-0.25, -0.2) is 0 Å².